The minimum absolute atomic E-state index is 0.0215. The summed E-state index contributed by atoms with van der Waals surface area (Å²) in [6.07, 6.45) is 3.55. The van der Waals surface area contributed by atoms with Crippen LogP contribution in [0.25, 0.3) is 33.3 Å². The van der Waals surface area contributed by atoms with Gasteiger partial charge in [-0.3, -0.25) is 4.79 Å². The van der Waals surface area contributed by atoms with Crippen LogP contribution in [0.4, 0.5) is 15.9 Å². The van der Waals surface area contributed by atoms with Crippen molar-refractivity contribution in [2.45, 2.75) is 26.7 Å². The fourth-order valence-corrected chi connectivity index (χ4v) is 5.09. The molecule has 0 bridgehead atoms. The van der Waals surface area contributed by atoms with Crippen LogP contribution in [0.15, 0.2) is 66.9 Å². The SMILES string of the molecule is C=C(C(=O)Nc1ccc(-c2c(-c3ccc(Oc4nccc(C)n4)c(F)c3)c3c(N)nnc(OCC)c3n2C)cc1)C1CC1. The van der Waals surface area contributed by atoms with Gasteiger partial charge in [0.2, 0.25) is 0 Å². The summed E-state index contributed by atoms with van der Waals surface area (Å²) in [5.41, 5.74) is 11.7. The topological polar surface area (TPSA) is 130 Å². The largest absolute Gasteiger partial charge is 0.475 e. The first-order chi connectivity index (χ1) is 20.7. The van der Waals surface area contributed by atoms with Crippen molar-refractivity contribution in [2.24, 2.45) is 13.0 Å². The normalized spacial score (nSPS) is 12.7. The summed E-state index contributed by atoms with van der Waals surface area (Å²) < 4.78 is 28.9. The van der Waals surface area contributed by atoms with E-state index in [4.69, 9.17) is 15.2 Å². The lowest BCUT2D eigenvalue weighted by molar-refractivity contribution is -0.113. The number of benzene rings is 2. The molecule has 3 N–H and O–H groups in total. The summed E-state index contributed by atoms with van der Waals surface area (Å²) in [7, 11) is 1.86. The second kappa shape index (κ2) is 11.2. The van der Waals surface area contributed by atoms with Crippen LogP contribution in [-0.2, 0) is 11.8 Å². The second-order valence-corrected chi connectivity index (χ2v) is 10.4. The summed E-state index contributed by atoms with van der Waals surface area (Å²) in [6.45, 7) is 7.95. The molecular weight excluding hydrogens is 549 g/mol. The number of aromatic nitrogens is 5. The molecule has 3 aromatic heterocycles. The van der Waals surface area contributed by atoms with E-state index < -0.39 is 5.82 Å². The summed E-state index contributed by atoms with van der Waals surface area (Å²) in [6, 6.07) is 13.8. The average Bonchev–Trinajstić information content (AvgIpc) is 3.79. The van der Waals surface area contributed by atoms with E-state index in [1.807, 2.05) is 42.8 Å². The van der Waals surface area contributed by atoms with Crippen LogP contribution < -0.4 is 20.5 Å². The molecule has 10 nitrogen and oxygen atoms in total. The molecule has 0 atom stereocenters. The molecule has 1 saturated carbocycles. The van der Waals surface area contributed by atoms with E-state index in [2.05, 4.69) is 32.1 Å². The first-order valence-corrected chi connectivity index (χ1v) is 13.9. The minimum atomic E-state index is -0.606. The number of carbonyl (C=O) groups excluding carboxylic acids is 1. The van der Waals surface area contributed by atoms with Crippen LogP contribution >= 0.6 is 0 Å². The van der Waals surface area contributed by atoms with Gasteiger partial charge in [-0.15, -0.1) is 10.2 Å². The van der Waals surface area contributed by atoms with E-state index in [-0.39, 0.29) is 29.4 Å². The molecule has 5 aromatic rings. The summed E-state index contributed by atoms with van der Waals surface area (Å²) >= 11 is 0. The maximum Gasteiger partial charge on any atom is 0.322 e. The average molecular weight is 580 g/mol. The monoisotopic (exact) mass is 579 g/mol. The van der Waals surface area contributed by atoms with E-state index in [0.717, 1.165) is 24.1 Å². The fraction of sp³-hybridized carbons (Fsp3) is 0.219. The molecule has 6 rings (SSSR count). The number of nitrogens with one attached hydrogen (secondary N) is 1. The van der Waals surface area contributed by atoms with Gasteiger partial charge >= 0.3 is 6.01 Å². The molecule has 1 fully saturated rings. The molecule has 0 saturated heterocycles. The summed E-state index contributed by atoms with van der Waals surface area (Å²) in [4.78, 5) is 20.8. The minimum Gasteiger partial charge on any atom is -0.475 e. The van der Waals surface area contributed by atoms with Crippen molar-refractivity contribution >= 4 is 28.3 Å². The van der Waals surface area contributed by atoms with Crippen molar-refractivity contribution in [1.82, 2.24) is 24.7 Å². The smallest absolute Gasteiger partial charge is 0.322 e. The van der Waals surface area contributed by atoms with Crippen LogP contribution in [0.2, 0.25) is 0 Å². The van der Waals surface area contributed by atoms with Gasteiger partial charge in [0.25, 0.3) is 11.8 Å². The van der Waals surface area contributed by atoms with Crippen LogP contribution in [0, 0.1) is 18.7 Å². The Kier molecular flexibility index (Phi) is 7.22. The predicted octanol–water partition coefficient (Wildman–Crippen LogP) is 6.22. The van der Waals surface area contributed by atoms with Crippen molar-refractivity contribution in [2.75, 3.05) is 17.7 Å². The van der Waals surface area contributed by atoms with Gasteiger partial charge in [0.15, 0.2) is 17.4 Å². The lowest BCUT2D eigenvalue weighted by atomic mass is 9.98. The third-order valence-electron chi connectivity index (χ3n) is 7.36. The zero-order chi connectivity index (χ0) is 30.2. The summed E-state index contributed by atoms with van der Waals surface area (Å²) in [5.74, 6) is -0.0585. The van der Waals surface area contributed by atoms with Crippen molar-refractivity contribution in [3.05, 3.63) is 78.4 Å². The maximum atomic E-state index is 15.5. The van der Waals surface area contributed by atoms with E-state index in [1.165, 1.54) is 12.1 Å². The van der Waals surface area contributed by atoms with Gasteiger partial charge in [-0.2, -0.15) is 0 Å². The molecular formula is C32H30FN7O3. The summed E-state index contributed by atoms with van der Waals surface area (Å²) in [5, 5.41) is 11.8. The molecule has 1 aliphatic carbocycles. The Hall–Kier alpha value is -5.32. The van der Waals surface area contributed by atoms with E-state index in [1.54, 1.807) is 25.3 Å². The number of ether oxygens (including phenoxy) is 2. The number of halogens is 1. The molecule has 218 valence electrons. The molecule has 0 aliphatic heterocycles. The molecule has 43 heavy (non-hydrogen) atoms. The number of nitrogens with two attached hydrogens (primary N) is 1. The number of anilines is 2. The predicted molar refractivity (Wildman–Crippen MR) is 162 cm³/mol. The molecule has 0 unspecified atom stereocenters. The third kappa shape index (κ3) is 5.36. The van der Waals surface area contributed by atoms with Gasteiger partial charge in [0.1, 0.15) is 5.52 Å². The van der Waals surface area contributed by atoms with Gasteiger partial charge in [0.05, 0.1) is 17.7 Å². The van der Waals surface area contributed by atoms with Crippen molar-refractivity contribution in [3.63, 3.8) is 0 Å². The van der Waals surface area contributed by atoms with Crippen LogP contribution in [0.3, 0.4) is 0 Å². The Labute approximate surface area is 247 Å². The number of fused-ring (bicyclic) bond motifs is 1. The van der Waals surface area contributed by atoms with Crippen LogP contribution in [-0.4, -0.2) is 37.2 Å². The molecule has 3 heterocycles. The zero-order valence-corrected chi connectivity index (χ0v) is 24.0. The Morgan fingerprint density at radius 3 is 2.56 bits per heavy atom. The molecule has 1 amide bonds. The fourth-order valence-electron chi connectivity index (χ4n) is 5.09. The van der Waals surface area contributed by atoms with E-state index >= 15 is 4.39 Å². The highest BCUT2D eigenvalue weighted by Crippen LogP contribution is 2.45. The third-order valence-corrected chi connectivity index (χ3v) is 7.36. The first kappa shape index (κ1) is 27.8. The number of nitrogens with zero attached hydrogens (tertiary/aromatic N) is 5. The Morgan fingerprint density at radius 2 is 1.88 bits per heavy atom. The lowest BCUT2D eigenvalue weighted by Gasteiger charge is -2.12. The molecule has 0 spiro atoms. The van der Waals surface area contributed by atoms with Gasteiger partial charge in [-0.1, -0.05) is 24.8 Å². The molecule has 11 heteroatoms. The number of hydrogen-bond acceptors (Lipinski definition) is 8. The highest BCUT2D eigenvalue weighted by molar-refractivity contribution is 6.10. The molecule has 1 aliphatic rings. The number of amides is 1. The number of hydrogen-bond donors (Lipinski definition) is 2. The molecule has 0 radical (unpaired) electrons. The highest BCUT2D eigenvalue weighted by Gasteiger charge is 2.29. The number of aryl methyl sites for hydroxylation is 2. The maximum absolute atomic E-state index is 15.5. The Morgan fingerprint density at radius 1 is 1.14 bits per heavy atom. The Bertz CT molecular complexity index is 1880. The standard InChI is InChI=1S/C32H30FN7O3/c1-5-42-31-28-26(29(34)38-39-31)25(21-10-13-24(23(33)16-21)43-32-35-15-14-17(2)36-32)27(40(28)4)20-8-11-22(12-9-20)37-30(41)18(3)19-6-7-19/h8-16,19H,3,5-7H2,1-2,4H3,(H2,34,38)(H,37,41). The highest BCUT2D eigenvalue weighted by atomic mass is 19.1. The van der Waals surface area contributed by atoms with Crippen molar-refractivity contribution < 1.29 is 18.7 Å². The van der Waals surface area contributed by atoms with E-state index in [0.29, 0.717) is 51.5 Å². The van der Waals surface area contributed by atoms with Gasteiger partial charge in [-0.25, -0.2) is 14.4 Å². The second-order valence-electron chi connectivity index (χ2n) is 10.4. The van der Waals surface area contributed by atoms with Crippen LogP contribution in [0.5, 0.6) is 17.6 Å². The molecule has 2 aromatic carbocycles. The van der Waals surface area contributed by atoms with Gasteiger partial charge in [-0.05, 0) is 74.1 Å². The van der Waals surface area contributed by atoms with E-state index in [9.17, 15) is 4.79 Å². The number of carbonyl (C=O) groups is 1. The lowest BCUT2D eigenvalue weighted by Crippen LogP contribution is -2.14. The first-order valence-electron chi connectivity index (χ1n) is 13.9. The van der Waals surface area contributed by atoms with Gasteiger partial charge < -0.3 is 25.1 Å². The Balaban J connectivity index is 1.45. The van der Waals surface area contributed by atoms with Gasteiger partial charge in [0, 0.05) is 35.8 Å². The van der Waals surface area contributed by atoms with Crippen molar-refractivity contribution in [1.29, 1.82) is 0 Å². The van der Waals surface area contributed by atoms with Crippen molar-refractivity contribution in [3.8, 4) is 40.0 Å². The number of nitrogen functional groups attached to an aromatic ring is 1. The van der Waals surface area contributed by atoms with Crippen LogP contribution in [0.1, 0.15) is 25.5 Å². The quantitative estimate of drug-likeness (QED) is 0.197. The zero-order valence-electron chi connectivity index (χ0n) is 24.0. The number of rotatable bonds is 9.